The van der Waals surface area contributed by atoms with Crippen molar-refractivity contribution in [1.82, 2.24) is 15.3 Å². The molecule has 0 aliphatic carbocycles. The average Bonchev–Trinajstić information content (AvgIpc) is 2.94. The van der Waals surface area contributed by atoms with Gasteiger partial charge in [-0.2, -0.15) is 0 Å². The van der Waals surface area contributed by atoms with Gasteiger partial charge in [-0.15, -0.1) is 0 Å². The van der Waals surface area contributed by atoms with Crippen molar-refractivity contribution in [2.75, 3.05) is 0 Å². The van der Waals surface area contributed by atoms with E-state index in [1.807, 2.05) is 0 Å². The summed E-state index contributed by atoms with van der Waals surface area (Å²) in [6.07, 6.45) is 1.65. The Morgan fingerprint density at radius 3 is 2.91 bits per heavy atom. The highest BCUT2D eigenvalue weighted by atomic mass is 16.6. The minimum atomic E-state index is -1.05. The fourth-order valence-electron chi connectivity index (χ4n) is 2.57. The molecule has 0 radical (unpaired) electrons. The molecule has 1 aliphatic heterocycles. The molecular weight excluding hydrogens is 292 g/mol. The highest BCUT2D eigenvalue weighted by Gasteiger charge is 2.34. The SMILES string of the molecule is O=C(O)[C@@H]1Cc2[nH]cnc2[C@@H](c2cc([N+](=O)[O-])ccc2O)N1. The molecule has 1 aromatic heterocycles. The van der Waals surface area contributed by atoms with E-state index in [0.29, 0.717) is 11.4 Å². The molecule has 22 heavy (non-hydrogen) atoms. The predicted octanol–water partition coefficient (Wildman–Crippen LogP) is 0.712. The van der Waals surface area contributed by atoms with E-state index in [2.05, 4.69) is 15.3 Å². The number of carboxylic acids is 1. The summed E-state index contributed by atoms with van der Waals surface area (Å²) >= 11 is 0. The lowest BCUT2D eigenvalue weighted by Gasteiger charge is -2.28. The van der Waals surface area contributed by atoms with Crippen molar-refractivity contribution >= 4 is 11.7 Å². The Labute approximate surface area is 123 Å². The smallest absolute Gasteiger partial charge is 0.321 e. The minimum Gasteiger partial charge on any atom is -0.508 e. The predicted molar refractivity (Wildman–Crippen MR) is 73.5 cm³/mol. The van der Waals surface area contributed by atoms with E-state index in [4.69, 9.17) is 0 Å². The number of benzene rings is 1. The van der Waals surface area contributed by atoms with Crippen LogP contribution in [0.2, 0.25) is 0 Å². The van der Waals surface area contributed by atoms with Crippen LogP contribution in [0.25, 0.3) is 0 Å². The summed E-state index contributed by atoms with van der Waals surface area (Å²) in [5, 5.41) is 33.0. The number of phenols is 1. The molecule has 4 N–H and O–H groups in total. The fraction of sp³-hybridized carbons (Fsp3) is 0.231. The standard InChI is InChI=1S/C13H12N4O5/c18-10-2-1-6(17(21)22)3-7(10)11-12-8(14-5-15-12)4-9(16-11)13(19)20/h1-3,5,9,11,16,18H,4H2,(H,14,15)(H,19,20)/t9-,11+/m0/s1. The molecule has 9 heteroatoms. The lowest BCUT2D eigenvalue weighted by molar-refractivity contribution is -0.385. The second-order valence-electron chi connectivity index (χ2n) is 4.96. The maximum Gasteiger partial charge on any atom is 0.321 e. The molecule has 2 atom stereocenters. The van der Waals surface area contributed by atoms with Gasteiger partial charge >= 0.3 is 5.97 Å². The van der Waals surface area contributed by atoms with Gasteiger partial charge < -0.3 is 15.2 Å². The van der Waals surface area contributed by atoms with Gasteiger partial charge in [0.15, 0.2) is 0 Å². The highest BCUT2D eigenvalue weighted by Crippen LogP contribution is 2.35. The molecule has 2 aromatic rings. The van der Waals surface area contributed by atoms with Crippen LogP contribution in [0.15, 0.2) is 24.5 Å². The van der Waals surface area contributed by atoms with E-state index in [0.717, 1.165) is 0 Å². The zero-order chi connectivity index (χ0) is 15.9. The van der Waals surface area contributed by atoms with Gasteiger partial charge in [0.1, 0.15) is 11.8 Å². The van der Waals surface area contributed by atoms with Crippen LogP contribution in [0.3, 0.4) is 0 Å². The summed E-state index contributed by atoms with van der Waals surface area (Å²) in [4.78, 5) is 28.6. The maximum atomic E-state index is 11.3. The first-order valence-corrected chi connectivity index (χ1v) is 6.45. The van der Waals surface area contributed by atoms with Crippen LogP contribution >= 0.6 is 0 Å². The number of nitro benzene ring substituents is 1. The number of imidazole rings is 1. The zero-order valence-corrected chi connectivity index (χ0v) is 11.2. The molecule has 3 rings (SSSR count). The molecule has 2 heterocycles. The maximum absolute atomic E-state index is 11.3. The van der Waals surface area contributed by atoms with Crippen molar-refractivity contribution in [2.45, 2.75) is 18.5 Å². The minimum absolute atomic E-state index is 0.164. The van der Waals surface area contributed by atoms with Crippen LogP contribution in [0.1, 0.15) is 23.0 Å². The molecule has 0 bridgehead atoms. The largest absolute Gasteiger partial charge is 0.508 e. The number of aliphatic carboxylic acids is 1. The third-order valence-electron chi connectivity index (χ3n) is 3.63. The number of rotatable bonds is 3. The van der Waals surface area contributed by atoms with Crippen molar-refractivity contribution in [1.29, 1.82) is 0 Å². The topological polar surface area (TPSA) is 141 Å². The third kappa shape index (κ3) is 2.27. The molecule has 0 saturated heterocycles. The van der Waals surface area contributed by atoms with Crippen LogP contribution in [-0.4, -0.2) is 37.1 Å². The number of carboxylic acid groups (broad SMARTS) is 1. The summed E-state index contributed by atoms with van der Waals surface area (Å²) in [7, 11) is 0. The molecule has 0 unspecified atom stereocenters. The number of hydrogen-bond donors (Lipinski definition) is 4. The molecule has 0 saturated carbocycles. The Bertz CT molecular complexity index is 757. The molecule has 1 aliphatic rings. The Kier molecular flexibility index (Phi) is 3.26. The Morgan fingerprint density at radius 2 is 2.23 bits per heavy atom. The van der Waals surface area contributed by atoms with Gasteiger partial charge in [-0.05, 0) is 6.07 Å². The molecule has 114 valence electrons. The van der Waals surface area contributed by atoms with Gasteiger partial charge in [0, 0.05) is 29.8 Å². The van der Waals surface area contributed by atoms with E-state index in [1.54, 1.807) is 0 Å². The lowest BCUT2D eigenvalue weighted by atomic mass is 9.93. The van der Waals surface area contributed by atoms with E-state index >= 15 is 0 Å². The van der Waals surface area contributed by atoms with Crippen molar-refractivity contribution < 1.29 is 19.9 Å². The molecule has 0 amide bonds. The van der Waals surface area contributed by atoms with Crippen molar-refractivity contribution in [2.24, 2.45) is 0 Å². The van der Waals surface area contributed by atoms with Gasteiger partial charge in [-0.25, -0.2) is 4.98 Å². The van der Waals surface area contributed by atoms with Crippen LogP contribution in [0, 0.1) is 10.1 Å². The molecule has 9 nitrogen and oxygen atoms in total. The normalized spacial score (nSPS) is 20.4. The van der Waals surface area contributed by atoms with Crippen molar-refractivity contribution in [3.63, 3.8) is 0 Å². The zero-order valence-electron chi connectivity index (χ0n) is 11.2. The molecule has 0 fully saturated rings. The summed E-state index contributed by atoms with van der Waals surface area (Å²) in [6.45, 7) is 0. The van der Waals surface area contributed by atoms with Gasteiger partial charge in [0.25, 0.3) is 5.69 Å². The van der Waals surface area contributed by atoms with Gasteiger partial charge in [0.05, 0.1) is 23.0 Å². The van der Waals surface area contributed by atoms with Crippen molar-refractivity contribution in [3.05, 3.63) is 51.6 Å². The number of aromatic amines is 1. The van der Waals surface area contributed by atoms with E-state index < -0.39 is 23.0 Å². The second kappa shape index (κ2) is 5.11. The number of nitrogens with zero attached hydrogens (tertiary/aromatic N) is 2. The Balaban J connectivity index is 2.09. The van der Waals surface area contributed by atoms with Gasteiger partial charge in [0.2, 0.25) is 0 Å². The monoisotopic (exact) mass is 304 g/mol. The number of hydrogen-bond acceptors (Lipinski definition) is 6. The quantitative estimate of drug-likeness (QED) is 0.483. The third-order valence-corrected chi connectivity index (χ3v) is 3.63. The first-order valence-electron chi connectivity index (χ1n) is 6.45. The summed E-state index contributed by atoms with van der Waals surface area (Å²) < 4.78 is 0. The summed E-state index contributed by atoms with van der Waals surface area (Å²) in [5.41, 5.74) is 1.17. The first-order chi connectivity index (χ1) is 10.5. The number of aromatic nitrogens is 2. The number of nitrogens with one attached hydrogen (secondary N) is 2. The highest BCUT2D eigenvalue weighted by molar-refractivity contribution is 5.74. The fourth-order valence-corrected chi connectivity index (χ4v) is 2.57. The molecule has 1 aromatic carbocycles. The van der Waals surface area contributed by atoms with Crippen LogP contribution < -0.4 is 5.32 Å². The van der Waals surface area contributed by atoms with Crippen molar-refractivity contribution in [3.8, 4) is 5.75 Å². The van der Waals surface area contributed by atoms with Gasteiger partial charge in [-0.3, -0.25) is 20.2 Å². The summed E-state index contributed by atoms with van der Waals surface area (Å²) in [5.74, 6) is -1.21. The molecular formula is C13H12N4O5. The Hall–Kier alpha value is -2.94. The number of aromatic hydroxyl groups is 1. The lowest BCUT2D eigenvalue weighted by Crippen LogP contribution is -2.45. The Morgan fingerprint density at radius 1 is 1.45 bits per heavy atom. The molecule has 0 spiro atoms. The van der Waals surface area contributed by atoms with Crippen LogP contribution in [0.4, 0.5) is 5.69 Å². The number of phenolic OH excluding ortho intramolecular Hbond substituents is 1. The van der Waals surface area contributed by atoms with E-state index in [9.17, 15) is 25.1 Å². The number of H-pyrrole nitrogens is 1. The summed E-state index contributed by atoms with van der Waals surface area (Å²) in [6, 6.07) is 2.00. The second-order valence-corrected chi connectivity index (χ2v) is 4.96. The number of carbonyl (C=O) groups is 1. The van der Waals surface area contributed by atoms with Crippen LogP contribution in [0.5, 0.6) is 5.75 Å². The van der Waals surface area contributed by atoms with Gasteiger partial charge in [-0.1, -0.05) is 0 Å². The average molecular weight is 304 g/mol. The number of nitro groups is 1. The number of fused-ring (bicyclic) bond motifs is 1. The van der Waals surface area contributed by atoms with E-state index in [-0.39, 0.29) is 23.4 Å². The first kappa shape index (κ1) is 14.0. The van der Waals surface area contributed by atoms with E-state index in [1.165, 1.54) is 24.5 Å². The number of non-ortho nitro benzene ring substituents is 1. The van der Waals surface area contributed by atoms with Crippen LogP contribution in [-0.2, 0) is 11.2 Å².